The molecule has 1 heterocycles. The molecule has 1 aromatic heterocycles. The molecule has 0 saturated heterocycles. The first-order valence-corrected chi connectivity index (χ1v) is 5.58. The highest BCUT2D eigenvalue weighted by molar-refractivity contribution is 6.08. The van der Waals surface area contributed by atoms with Gasteiger partial charge in [-0.25, -0.2) is 0 Å². The Hall–Kier alpha value is -2.36. The molecule has 1 aromatic carbocycles. The molecule has 0 fully saturated rings. The largest absolute Gasteiger partial charge is 0.507 e. The average molecular weight is 242 g/mol. The molecule has 0 saturated carbocycles. The van der Waals surface area contributed by atoms with Gasteiger partial charge in [-0.2, -0.15) is 5.10 Å². The summed E-state index contributed by atoms with van der Waals surface area (Å²) in [5.41, 5.74) is 2.05. The lowest BCUT2D eigenvalue weighted by molar-refractivity contribution is 0.104. The molecular weight excluding hydrogens is 228 g/mol. The third-order valence-electron chi connectivity index (χ3n) is 2.64. The molecule has 0 aliphatic rings. The normalized spacial score (nSPS) is 11.0. The van der Waals surface area contributed by atoms with Crippen molar-refractivity contribution in [2.45, 2.75) is 6.92 Å². The fraction of sp³-hybridized carbons (Fsp3) is 0.143. The molecule has 0 aliphatic carbocycles. The van der Waals surface area contributed by atoms with Gasteiger partial charge in [-0.05, 0) is 31.2 Å². The fourth-order valence-electron chi connectivity index (χ4n) is 1.72. The molecule has 0 bridgehead atoms. The number of carbonyl (C=O) groups excluding carboxylic acids is 1. The van der Waals surface area contributed by atoms with E-state index in [0.29, 0.717) is 5.56 Å². The van der Waals surface area contributed by atoms with Gasteiger partial charge in [0.25, 0.3) is 0 Å². The Kier molecular flexibility index (Phi) is 3.28. The van der Waals surface area contributed by atoms with E-state index in [4.69, 9.17) is 0 Å². The molecule has 0 aliphatic heterocycles. The number of rotatable bonds is 3. The molecule has 0 unspecified atom stereocenters. The van der Waals surface area contributed by atoms with Crippen LogP contribution in [0.3, 0.4) is 0 Å². The highest BCUT2D eigenvalue weighted by atomic mass is 16.3. The smallest absolute Gasteiger partial charge is 0.189 e. The van der Waals surface area contributed by atoms with Crippen molar-refractivity contribution in [3.63, 3.8) is 0 Å². The molecule has 2 rings (SSSR count). The average Bonchev–Trinajstić information content (AvgIpc) is 2.65. The summed E-state index contributed by atoms with van der Waals surface area (Å²) in [5, 5.41) is 13.7. The van der Waals surface area contributed by atoms with Gasteiger partial charge in [0.05, 0.1) is 11.3 Å². The third kappa shape index (κ3) is 2.48. The van der Waals surface area contributed by atoms with E-state index in [9.17, 15) is 9.90 Å². The van der Waals surface area contributed by atoms with Crippen LogP contribution in [0.2, 0.25) is 0 Å². The number of allylic oxidation sites excluding steroid dienone is 1. The Morgan fingerprint density at radius 1 is 1.39 bits per heavy atom. The second-order valence-corrected chi connectivity index (χ2v) is 4.06. The van der Waals surface area contributed by atoms with Crippen molar-refractivity contribution in [2.75, 3.05) is 0 Å². The van der Waals surface area contributed by atoms with E-state index in [1.165, 1.54) is 12.1 Å². The predicted octanol–water partition coefficient (Wildman–Crippen LogP) is 2.33. The van der Waals surface area contributed by atoms with E-state index in [1.807, 2.05) is 20.2 Å². The van der Waals surface area contributed by atoms with Crippen LogP contribution in [0.1, 0.15) is 21.6 Å². The number of ketones is 1. The number of hydrogen-bond donors (Lipinski definition) is 1. The molecule has 4 heteroatoms. The maximum Gasteiger partial charge on any atom is 0.189 e. The van der Waals surface area contributed by atoms with Crippen LogP contribution in [0.15, 0.2) is 36.5 Å². The van der Waals surface area contributed by atoms with Crippen LogP contribution in [0, 0.1) is 6.92 Å². The first-order chi connectivity index (χ1) is 8.58. The SMILES string of the molecule is Cc1nn(C)cc1/C=C/C(=O)c1ccccc1O. The first kappa shape index (κ1) is 12.1. The summed E-state index contributed by atoms with van der Waals surface area (Å²) in [4.78, 5) is 11.9. The van der Waals surface area contributed by atoms with Crippen molar-refractivity contribution >= 4 is 11.9 Å². The lowest BCUT2D eigenvalue weighted by Gasteiger charge is -1.98. The molecule has 0 atom stereocenters. The molecule has 2 aromatic rings. The van der Waals surface area contributed by atoms with Gasteiger partial charge in [-0.15, -0.1) is 0 Å². The number of para-hydroxylation sites is 1. The van der Waals surface area contributed by atoms with E-state index in [2.05, 4.69) is 5.10 Å². The van der Waals surface area contributed by atoms with Gasteiger partial charge in [0.15, 0.2) is 5.78 Å². The van der Waals surface area contributed by atoms with Crippen LogP contribution < -0.4 is 0 Å². The Labute approximate surface area is 105 Å². The van der Waals surface area contributed by atoms with Gasteiger partial charge in [-0.1, -0.05) is 12.1 Å². The van der Waals surface area contributed by atoms with E-state index >= 15 is 0 Å². The summed E-state index contributed by atoms with van der Waals surface area (Å²) in [7, 11) is 1.83. The van der Waals surface area contributed by atoms with Crippen molar-refractivity contribution < 1.29 is 9.90 Å². The minimum Gasteiger partial charge on any atom is -0.507 e. The number of phenols is 1. The number of aromatic nitrogens is 2. The Bertz CT molecular complexity index is 612. The Morgan fingerprint density at radius 2 is 2.11 bits per heavy atom. The summed E-state index contributed by atoms with van der Waals surface area (Å²) in [6, 6.07) is 6.49. The molecule has 0 amide bonds. The fourth-order valence-corrected chi connectivity index (χ4v) is 1.72. The van der Waals surface area contributed by atoms with Crippen LogP contribution >= 0.6 is 0 Å². The van der Waals surface area contributed by atoms with Crippen LogP contribution in [0.5, 0.6) is 5.75 Å². The lowest BCUT2D eigenvalue weighted by atomic mass is 10.1. The monoisotopic (exact) mass is 242 g/mol. The van der Waals surface area contributed by atoms with Crippen molar-refractivity contribution in [1.82, 2.24) is 9.78 Å². The van der Waals surface area contributed by atoms with Gasteiger partial charge in [0.2, 0.25) is 0 Å². The van der Waals surface area contributed by atoms with Gasteiger partial charge in [0, 0.05) is 18.8 Å². The van der Waals surface area contributed by atoms with E-state index in [0.717, 1.165) is 11.3 Å². The maximum absolute atomic E-state index is 11.9. The quantitative estimate of drug-likeness (QED) is 0.664. The summed E-state index contributed by atoms with van der Waals surface area (Å²) in [6.45, 7) is 1.88. The number of carbonyl (C=O) groups is 1. The predicted molar refractivity (Wildman–Crippen MR) is 69.4 cm³/mol. The zero-order valence-electron chi connectivity index (χ0n) is 10.3. The second kappa shape index (κ2) is 4.87. The molecule has 0 radical (unpaired) electrons. The van der Waals surface area contributed by atoms with Gasteiger partial charge in [-0.3, -0.25) is 9.48 Å². The van der Waals surface area contributed by atoms with E-state index in [1.54, 1.807) is 29.0 Å². The van der Waals surface area contributed by atoms with Crippen molar-refractivity contribution in [2.24, 2.45) is 7.05 Å². The molecular formula is C14H14N2O2. The summed E-state index contributed by atoms with van der Waals surface area (Å²) in [5.74, 6) is -0.230. The molecule has 18 heavy (non-hydrogen) atoms. The minimum atomic E-state index is -0.226. The van der Waals surface area contributed by atoms with Crippen molar-refractivity contribution in [3.8, 4) is 5.75 Å². The lowest BCUT2D eigenvalue weighted by Crippen LogP contribution is -1.94. The summed E-state index contributed by atoms with van der Waals surface area (Å²) in [6.07, 6.45) is 4.99. The van der Waals surface area contributed by atoms with Crippen LogP contribution in [0.4, 0.5) is 0 Å². The van der Waals surface area contributed by atoms with Gasteiger partial charge in [0.1, 0.15) is 5.75 Å². The molecule has 4 nitrogen and oxygen atoms in total. The van der Waals surface area contributed by atoms with Crippen molar-refractivity contribution in [3.05, 3.63) is 53.4 Å². The summed E-state index contributed by atoms with van der Waals surface area (Å²) < 4.78 is 1.69. The first-order valence-electron chi connectivity index (χ1n) is 5.58. The van der Waals surface area contributed by atoms with E-state index in [-0.39, 0.29) is 11.5 Å². The van der Waals surface area contributed by atoms with Crippen LogP contribution in [-0.4, -0.2) is 20.7 Å². The van der Waals surface area contributed by atoms with Crippen LogP contribution in [-0.2, 0) is 7.05 Å². The third-order valence-corrected chi connectivity index (χ3v) is 2.64. The second-order valence-electron chi connectivity index (χ2n) is 4.06. The van der Waals surface area contributed by atoms with Crippen LogP contribution in [0.25, 0.3) is 6.08 Å². The molecule has 1 N–H and O–H groups in total. The molecule has 92 valence electrons. The number of benzene rings is 1. The number of aromatic hydroxyl groups is 1. The number of nitrogens with zero attached hydrogens (tertiary/aromatic N) is 2. The standard InChI is InChI=1S/C14H14N2O2/c1-10-11(9-16(2)15-10)7-8-14(18)12-5-3-4-6-13(12)17/h3-9,17H,1-2H3/b8-7+. The summed E-state index contributed by atoms with van der Waals surface area (Å²) >= 11 is 0. The highest BCUT2D eigenvalue weighted by Crippen LogP contribution is 2.17. The zero-order chi connectivity index (χ0) is 13.1. The molecule has 0 spiro atoms. The van der Waals surface area contributed by atoms with Crippen molar-refractivity contribution in [1.29, 1.82) is 0 Å². The minimum absolute atomic E-state index is 0.00458. The number of phenolic OH excluding ortho intramolecular Hbond substituents is 1. The number of aryl methyl sites for hydroxylation is 2. The van der Waals surface area contributed by atoms with Gasteiger partial charge < -0.3 is 5.11 Å². The number of hydrogen-bond acceptors (Lipinski definition) is 3. The Morgan fingerprint density at radius 3 is 2.72 bits per heavy atom. The Balaban J connectivity index is 2.22. The van der Waals surface area contributed by atoms with Gasteiger partial charge >= 0.3 is 0 Å². The highest BCUT2D eigenvalue weighted by Gasteiger charge is 2.07. The zero-order valence-corrected chi connectivity index (χ0v) is 10.3. The topological polar surface area (TPSA) is 55.1 Å². The van der Waals surface area contributed by atoms with E-state index < -0.39 is 0 Å². The maximum atomic E-state index is 11.9.